The fraction of sp³-hybridized carbons (Fsp3) is 0.167. The van der Waals surface area contributed by atoms with Gasteiger partial charge in [-0.15, -0.1) is 24.0 Å². The number of carbonyl (C=O) groups excluding carboxylic acids is 1. The fourth-order valence-corrected chi connectivity index (χ4v) is 3.03. The predicted octanol–water partition coefficient (Wildman–Crippen LogP) is 2.41. The minimum Gasteiger partial charge on any atom is -0.392 e. The second-order valence-corrected chi connectivity index (χ2v) is 5.61. The number of carbonyl (C=O) groups is 1. The van der Waals surface area contributed by atoms with Crippen LogP contribution in [0.25, 0.3) is 5.69 Å². The molecule has 0 aliphatic heterocycles. The predicted molar refractivity (Wildman–Crippen MR) is 72.3 cm³/mol. The molecular formula is C12H13N2OS2+. The van der Waals surface area contributed by atoms with Crippen molar-refractivity contribution in [1.29, 1.82) is 0 Å². The van der Waals surface area contributed by atoms with Gasteiger partial charge in [0, 0.05) is 18.6 Å². The second-order valence-electron chi connectivity index (χ2n) is 3.84. The number of aryl methyl sites for hydroxylation is 1. The van der Waals surface area contributed by atoms with Crippen LogP contribution in [0.15, 0.2) is 28.7 Å². The molecule has 2 N–H and O–H groups in total. The lowest BCUT2D eigenvalue weighted by Gasteiger charge is -1.97. The molecule has 2 heterocycles. The topological polar surface area (TPSA) is 47.0 Å². The molecule has 0 atom stereocenters. The summed E-state index contributed by atoms with van der Waals surface area (Å²) in [5, 5.41) is 0. The van der Waals surface area contributed by atoms with Crippen molar-refractivity contribution >= 4 is 35.4 Å². The van der Waals surface area contributed by atoms with Crippen LogP contribution in [0.5, 0.6) is 0 Å². The average Bonchev–Trinajstić information content (AvgIpc) is 2.54. The molecule has 0 spiro atoms. The Hall–Kier alpha value is -1.33. The molecule has 0 aliphatic carbocycles. The Morgan fingerprint density at radius 1 is 1.53 bits per heavy atom. The van der Waals surface area contributed by atoms with Gasteiger partial charge in [0.15, 0.2) is 18.2 Å². The molecule has 0 fully saturated rings. The molecule has 2 aromatic heterocycles. The van der Waals surface area contributed by atoms with Crippen molar-refractivity contribution in [2.75, 3.05) is 5.73 Å². The Labute approximate surface area is 109 Å². The van der Waals surface area contributed by atoms with Crippen LogP contribution >= 0.6 is 24.0 Å². The van der Waals surface area contributed by atoms with Crippen LogP contribution in [0.4, 0.5) is 5.69 Å². The lowest BCUT2D eigenvalue weighted by molar-refractivity contribution is -0.597. The number of rotatable bonds is 2. The molecular weight excluding hydrogens is 252 g/mol. The summed E-state index contributed by atoms with van der Waals surface area (Å²) in [4.78, 5) is 12.0. The van der Waals surface area contributed by atoms with Gasteiger partial charge in [-0.05, 0) is 13.0 Å². The zero-order valence-electron chi connectivity index (χ0n) is 9.60. The number of nitrogens with two attached hydrogens (primary N) is 1. The number of nitrogen functional groups attached to an aromatic ring is 1. The lowest BCUT2D eigenvalue weighted by atomic mass is 10.2. The van der Waals surface area contributed by atoms with Crippen LogP contribution < -0.4 is 10.3 Å². The van der Waals surface area contributed by atoms with Gasteiger partial charge in [-0.1, -0.05) is 0 Å². The molecule has 0 bridgehead atoms. The Kier molecular flexibility index (Phi) is 3.22. The van der Waals surface area contributed by atoms with Crippen LogP contribution in [0.2, 0.25) is 0 Å². The molecule has 0 saturated carbocycles. The maximum atomic E-state index is 11.4. The minimum absolute atomic E-state index is 0.0256. The summed E-state index contributed by atoms with van der Waals surface area (Å²) in [6.45, 7) is 3.52. The first-order chi connectivity index (χ1) is 8.00. The molecule has 0 radical (unpaired) electrons. The van der Waals surface area contributed by atoms with E-state index in [1.165, 1.54) is 18.3 Å². The normalized spacial score (nSPS) is 10.5. The van der Waals surface area contributed by atoms with Crippen molar-refractivity contribution in [3.63, 3.8) is 0 Å². The number of hydrogen-bond donors (Lipinski definition) is 2. The third kappa shape index (κ3) is 2.21. The number of aromatic nitrogens is 1. The van der Waals surface area contributed by atoms with E-state index in [4.69, 9.17) is 5.73 Å². The number of anilines is 1. The summed E-state index contributed by atoms with van der Waals surface area (Å²) in [6.07, 6.45) is 3.86. The van der Waals surface area contributed by atoms with Gasteiger partial charge >= 0.3 is 0 Å². The Bertz CT molecular complexity index is 590. The van der Waals surface area contributed by atoms with E-state index in [1.807, 2.05) is 36.0 Å². The Balaban J connectivity index is 2.64. The van der Waals surface area contributed by atoms with Crippen LogP contribution in [-0.2, 0) is 0 Å². The molecule has 17 heavy (non-hydrogen) atoms. The average molecular weight is 265 g/mol. The van der Waals surface area contributed by atoms with Gasteiger partial charge in [0.05, 0.1) is 0 Å². The molecule has 2 aromatic rings. The van der Waals surface area contributed by atoms with E-state index in [0.29, 0.717) is 10.6 Å². The first-order valence-corrected chi connectivity index (χ1v) is 6.37. The monoisotopic (exact) mass is 265 g/mol. The van der Waals surface area contributed by atoms with E-state index < -0.39 is 0 Å². The summed E-state index contributed by atoms with van der Waals surface area (Å²) < 4.78 is 2.65. The Morgan fingerprint density at radius 2 is 2.24 bits per heavy atom. The third-order valence-electron chi connectivity index (χ3n) is 2.43. The van der Waals surface area contributed by atoms with Gasteiger partial charge in [0.1, 0.15) is 14.8 Å². The van der Waals surface area contributed by atoms with E-state index in [2.05, 4.69) is 12.6 Å². The zero-order valence-corrected chi connectivity index (χ0v) is 11.3. The van der Waals surface area contributed by atoms with Crippen LogP contribution in [0.3, 0.4) is 0 Å². The van der Waals surface area contributed by atoms with Crippen molar-refractivity contribution in [3.05, 3.63) is 35.0 Å². The minimum atomic E-state index is -0.0256. The van der Waals surface area contributed by atoms with E-state index in [0.717, 1.165) is 15.5 Å². The number of thiophene rings is 1. The fourth-order valence-electron chi connectivity index (χ4n) is 1.67. The first-order valence-electron chi connectivity index (χ1n) is 5.11. The van der Waals surface area contributed by atoms with Gasteiger partial charge < -0.3 is 5.73 Å². The molecule has 0 saturated heterocycles. The molecule has 0 unspecified atom stereocenters. The zero-order chi connectivity index (χ0) is 12.6. The lowest BCUT2D eigenvalue weighted by Crippen LogP contribution is -2.30. The molecule has 0 aromatic carbocycles. The highest BCUT2D eigenvalue weighted by atomic mass is 32.2. The van der Waals surface area contributed by atoms with E-state index in [1.54, 1.807) is 0 Å². The number of thiol groups is 1. The maximum Gasteiger partial charge on any atom is 0.258 e. The van der Waals surface area contributed by atoms with E-state index >= 15 is 0 Å². The van der Waals surface area contributed by atoms with Crippen molar-refractivity contribution in [1.82, 2.24) is 0 Å². The first kappa shape index (κ1) is 12.1. The molecule has 5 heteroatoms. The highest BCUT2D eigenvalue weighted by molar-refractivity contribution is 7.83. The highest BCUT2D eigenvalue weighted by Gasteiger charge is 2.24. The van der Waals surface area contributed by atoms with Gasteiger partial charge in [-0.2, -0.15) is 4.57 Å². The summed E-state index contributed by atoms with van der Waals surface area (Å²) in [5.74, 6) is -0.0256. The number of ketones is 1. The van der Waals surface area contributed by atoms with E-state index in [-0.39, 0.29) is 5.78 Å². The van der Waals surface area contributed by atoms with Crippen molar-refractivity contribution in [3.8, 4) is 5.69 Å². The molecule has 2 rings (SSSR count). The highest BCUT2D eigenvalue weighted by Crippen LogP contribution is 2.34. The van der Waals surface area contributed by atoms with Gasteiger partial charge in [0.25, 0.3) is 5.69 Å². The summed E-state index contributed by atoms with van der Waals surface area (Å²) >= 11 is 5.71. The molecule has 3 nitrogen and oxygen atoms in total. The summed E-state index contributed by atoms with van der Waals surface area (Å²) in [6, 6.07) is 3.94. The number of hydrogen-bond acceptors (Lipinski definition) is 4. The largest absolute Gasteiger partial charge is 0.392 e. The third-order valence-corrected chi connectivity index (χ3v) is 4.01. The summed E-state index contributed by atoms with van der Waals surface area (Å²) in [7, 11) is 0. The molecule has 0 amide bonds. The number of nitrogens with zero attached hydrogens (tertiary/aromatic N) is 1. The van der Waals surface area contributed by atoms with Crippen LogP contribution in [0.1, 0.15) is 22.2 Å². The van der Waals surface area contributed by atoms with Crippen LogP contribution in [-0.4, -0.2) is 5.78 Å². The molecule has 88 valence electrons. The standard InChI is InChI=1S/C12H12N2OS2/c1-7-4-3-5-14(6-7)10-9(13)11(8(2)15)17-12(10)16/h3-6H,1-2H3,(H2-,13,15,16)/p+1. The maximum absolute atomic E-state index is 11.4. The smallest absolute Gasteiger partial charge is 0.258 e. The van der Waals surface area contributed by atoms with Gasteiger partial charge in [-0.25, -0.2) is 0 Å². The van der Waals surface area contributed by atoms with E-state index in [9.17, 15) is 4.79 Å². The SMILES string of the molecule is CC(=O)c1sc(S)c(-[n+]2cccc(C)c2)c1N. The van der Waals surface area contributed by atoms with Crippen LogP contribution in [0, 0.1) is 6.92 Å². The van der Waals surface area contributed by atoms with Crippen molar-refractivity contribution in [2.24, 2.45) is 0 Å². The number of Topliss-reactive ketones (excluding diaryl/α,β-unsaturated/α-hetero) is 1. The summed E-state index contributed by atoms with van der Waals surface area (Å²) in [5.41, 5.74) is 8.41. The Morgan fingerprint density at radius 3 is 2.76 bits per heavy atom. The number of pyridine rings is 1. The van der Waals surface area contributed by atoms with Crippen molar-refractivity contribution in [2.45, 2.75) is 18.1 Å². The van der Waals surface area contributed by atoms with Gasteiger partial charge in [-0.3, -0.25) is 4.79 Å². The molecule has 0 aliphatic rings. The van der Waals surface area contributed by atoms with Gasteiger partial charge in [0.2, 0.25) is 0 Å². The second kappa shape index (κ2) is 4.50. The van der Waals surface area contributed by atoms with Crippen molar-refractivity contribution < 1.29 is 9.36 Å². The quantitative estimate of drug-likeness (QED) is 0.497.